The molecule has 0 saturated carbocycles. The van der Waals surface area contributed by atoms with E-state index in [2.05, 4.69) is 5.32 Å². The minimum atomic E-state index is -0.655. The summed E-state index contributed by atoms with van der Waals surface area (Å²) in [7, 11) is 1.62. The molecule has 0 atom stereocenters. The molecule has 0 spiro atoms. The van der Waals surface area contributed by atoms with Crippen LogP contribution in [0.1, 0.15) is 30.5 Å². The van der Waals surface area contributed by atoms with Gasteiger partial charge < -0.3 is 10.1 Å². The smallest absolute Gasteiger partial charge is 0.230 e. The van der Waals surface area contributed by atoms with Crippen LogP contribution in [0.2, 0.25) is 0 Å². The first-order valence-corrected chi connectivity index (χ1v) is 7.42. The van der Waals surface area contributed by atoms with Crippen molar-refractivity contribution < 1.29 is 9.53 Å². The van der Waals surface area contributed by atoms with Crippen LogP contribution in [0.3, 0.4) is 0 Å². The number of carbonyl (C=O) groups is 1. The van der Waals surface area contributed by atoms with Crippen molar-refractivity contribution in [2.75, 3.05) is 7.11 Å². The highest BCUT2D eigenvalue weighted by Gasteiger charge is 2.32. The number of nitrogens with one attached hydrogen (secondary N) is 1. The lowest BCUT2D eigenvalue weighted by molar-refractivity contribution is -0.125. The summed E-state index contributed by atoms with van der Waals surface area (Å²) in [5, 5.41) is 3.01. The van der Waals surface area contributed by atoms with E-state index in [0.29, 0.717) is 6.54 Å². The van der Waals surface area contributed by atoms with Gasteiger partial charge in [0.25, 0.3) is 0 Å². The van der Waals surface area contributed by atoms with E-state index in [1.54, 1.807) is 7.11 Å². The van der Waals surface area contributed by atoms with E-state index in [4.69, 9.17) is 4.74 Å². The third-order valence-corrected chi connectivity index (χ3v) is 3.92. The molecule has 3 nitrogen and oxygen atoms in total. The van der Waals surface area contributed by atoms with Crippen LogP contribution in [-0.2, 0) is 16.8 Å². The number of methoxy groups -OCH3 is 1. The van der Waals surface area contributed by atoms with Gasteiger partial charge in [0.05, 0.1) is 12.5 Å². The van der Waals surface area contributed by atoms with E-state index in [9.17, 15) is 4.79 Å². The van der Waals surface area contributed by atoms with Gasteiger partial charge in [0.2, 0.25) is 5.91 Å². The van der Waals surface area contributed by atoms with Crippen molar-refractivity contribution in [3.8, 4) is 5.75 Å². The van der Waals surface area contributed by atoms with Crippen LogP contribution < -0.4 is 10.1 Å². The Morgan fingerprint density at radius 3 is 2.36 bits per heavy atom. The monoisotopic (exact) mass is 297 g/mol. The number of aryl methyl sites for hydroxylation is 1. The van der Waals surface area contributed by atoms with Gasteiger partial charge in [-0.05, 0) is 32.4 Å². The average Bonchev–Trinajstić information content (AvgIpc) is 2.53. The maximum Gasteiger partial charge on any atom is 0.230 e. The third kappa shape index (κ3) is 3.48. The second-order valence-corrected chi connectivity index (χ2v) is 5.99. The van der Waals surface area contributed by atoms with Gasteiger partial charge in [-0.25, -0.2) is 0 Å². The number of hydrogen-bond acceptors (Lipinski definition) is 2. The Morgan fingerprint density at radius 2 is 1.73 bits per heavy atom. The minimum absolute atomic E-state index is 0.0161. The van der Waals surface area contributed by atoms with Crippen LogP contribution in [0.5, 0.6) is 5.75 Å². The number of para-hydroxylation sites is 1. The molecule has 0 heterocycles. The zero-order valence-corrected chi connectivity index (χ0v) is 13.6. The Morgan fingerprint density at radius 1 is 1.09 bits per heavy atom. The maximum atomic E-state index is 12.6. The second-order valence-electron chi connectivity index (χ2n) is 5.99. The first-order valence-electron chi connectivity index (χ1n) is 7.42. The van der Waals surface area contributed by atoms with E-state index in [1.165, 1.54) is 5.56 Å². The molecule has 3 heteroatoms. The largest absolute Gasteiger partial charge is 0.496 e. The topological polar surface area (TPSA) is 38.3 Å². The van der Waals surface area contributed by atoms with E-state index < -0.39 is 5.41 Å². The van der Waals surface area contributed by atoms with Crippen molar-refractivity contribution in [2.45, 2.75) is 32.7 Å². The molecule has 2 aromatic carbocycles. The molecule has 116 valence electrons. The molecule has 0 bridgehead atoms. The highest BCUT2D eigenvalue weighted by Crippen LogP contribution is 2.31. The average molecular weight is 297 g/mol. The van der Waals surface area contributed by atoms with Crippen LogP contribution in [-0.4, -0.2) is 13.0 Å². The molecular formula is C19H23NO2. The molecule has 0 aliphatic rings. The van der Waals surface area contributed by atoms with Gasteiger partial charge in [0.1, 0.15) is 5.75 Å². The second kappa shape index (κ2) is 6.65. The fourth-order valence-corrected chi connectivity index (χ4v) is 2.39. The normalized spacial score (nSPS) is 11.1. The highest BCUT2D eigenvalue weighted by molar-refractivity contribution is 5.88. The summed E-state index contributed by atoms with van der Waals surface area (Å²) in [6, 6.07) is 15.8. The summed E-state index contributed by atoms with van der Waals surface area (Å²) in [5.41, 5.74) is 2.54. The number of benzene rings is 2. The Hall–Kier alpha value is -2.29. The van der Waals surface area contributed by atoms with Gasteiger partial charge in [-0.2, -0.15) is 0 Å². The first-order chi connectivity index (χ1) is 10.4. The van der Waals surface area contributed by atoms with Crippen LogP contribution in [0.4, 0.5) is 0 Å². The van der Waals surface area contributed by atoms with Crippen molar-refractivity contribution in [1.82, 2.24) is 5.32 Å². The van der Waals surface area contributed by atoms with Crippen molar-refractivity contribution in [3.63, 3.8) is 0 Å². The fourth-order valence-electron chi connectivity index (χ4n) is 2.39. The Balaban J connectivity index is 2.11. The SMILES string of the molecule is COc1ccccc1C(C)(C)C(=O)NCc1ccc(C)cc1. The molecule has 0 unspecified atom stereocenters. The molecule has 0 fully saturated rings. The predicted octanol–water partition coefficient (Wildman–Crippen LogP) is 3.60. The van der Waals surface area contributed by atoms with E-state index in [1.807, 2.05) is 69.3 Å². The van der Waals surface area contributed by atoms with E-state index >= 15 is 0 Å². The lowest BCUT2D eigenvalue weighted by Gasteiger charge is -2.26. The number of carbonyl (C=O) groups excluding carboxylic acids is 1. The number of hydrogen-bond donors (Lipinski definition) is 1. The third-order valence-electron chi connectivity index (χ3n) is 3.92. The lowest BCUT2D eigenvalue weighted by atomic mass is 9.83. The molecule has 1 N–H and O–H groups in total. The number of ether oxygens (including phenoxy) is 1. The van der Waals surface area contributed by atoms with Crippen LogP contribution in [0.25, 0.3) is 0 Å². The molecule has 2 rings (SSSR count). The van der Waals surface area contributed by atoms with Gasteiger partial charge in [-0.15, -0.1) is 0 Å². The standard InChI is InChI=1S/C19H23NO2/c1-14-9-11-15(12-10-14)13-20-18(21)19(2,3)16-7-5-6-8-17(16)22-4/h5-12H,13H2,1-4H3,(H,20,21). The Kier molecular flexibility index (Phi) is 4.86. The molecule has 22 heavy (non-hydrogen) atoms. The minimum Gasteiger partial charge on any atom is -0.496 e. The zero-order valence-electron chi connectivity index (χ0n) is 13.6. The quantitative estimate of drug-likeness (QED) is 0.915. The molecule has 1 amide bonds. The lowest BCUT2D eigenvalue weighted by Crippen LogP contribution is -2.39. The van der Waals surface area contributed by atoms with Gasteiger partial charge in [0, 0.05) is 12.1 Å². The van der Waals surface area contributed by atoms with Crippen LogP contribution in [0, 0.1) is 6.92 Å². The van der Waals surface area contributed by atoms with Gasteiger partial charge in [-0.3, -0.25) is 4.79 Å². The number of rotatable bonds is 5. The highest BCUT2D eigenvalue weighted by atomic mass is 16.5. The molecule has 0 aliphatic heterocycles. The van der Waals surface area contributed by atoms with Crippen molar-refractivity contribution in [1.29, 1.82) is 0 Å². The summed E-state index contributed by atoms with van der Waals surface area (Å²) in [5.74, 6) is 0.718. The summed E-state index contributed by atoms with van der Waals surface area (Å²) >= 11 is 0. The van der Waals surface area contributed by atoms with E-state index in [-0.39, 0.29) is 5.91 Å². The van der Waals surface area contributed by atoms with E-state index in [0.717, 1.165) is 16.9 Å². The Bertz CT molecular complexity index is 645. The summed E-state index contributed by atoms with van der Waals surface area (Å²) in [4.78, 5) is 12.6. The molecule has 2 aromatic rings. The van der Waals surface area contributed by atoms with Crippen molar-refractivity contribution in [3.05, 3.63) is 65.2 Å². The predicted molar refractivity (Wildman–Crippen MR) is 89.0 cm³/mol. The van der Waals surface area contributed by atoms with Crippen molar-refractivity contribution in [2.24, 2.45) is 0 Å². The zero-order chi connectivity index (χ0) is 16.2. The summed E-state index contributed by atoms with van der Waals surface area (Å²) in [6.45, 7) is 6.40. The molecule has 0 aromatic heterocycles. The summed E-state index contributed by atoms with van der Waals surface area (Å²) < 4.78 is 5.38. The number of amides is 1. The van der Waals surface area contributed by atoms with Crippen LogP contribution in [0.15, 0.2) is 48.5 Å². The molecule has 0 aliphatic carbocycles. The molecule has 0 radical (unpaired) electrons. The van der Waals surface area contributed by atoms with Gasteiger partial charge in [0.15, 0.2) is 0 Å². The molecule has 0 saturated heterocycles. The van der Waals surface area contributed by atoms with Gasteiger partial charge in [-0.1, -0.05) is 48.0 Å². The Labute approximate surface area is 132 Å². The fraction of sp³-hybridized carbons (Fsp3) is 0.316. The van der Waals surface area contributed by atoms with Gasteiger partial charge >= 0.3 is 0 Å². The first kappa shape index (κ1) is 16.1. The molecular weight excluding hydrogens is 274 g/mol. The van der Waals surface area contributed by atoms with Crippen molar-refractivity contribution >= 4 is 5.91 Å². The summed E-state index contributed by atoms with van der Waals surface area (Å²) in [6.07, 6.45) is 0. The van der Waals surface area contributed by atoms with Crippen LogP contribution >= 0.6 is 0 Å². The maximum absolute atomic E-state index is 12.6.